The van der Waals surface area contributed by atoms with Gasteiger partial charge in [-0.25, -0.2) is 9.78 Å². The summed E-state index contributed by atoms with van der Waals surface area (Å²) in [5, 5.41) is 9.28. The van der Waals surface area contributed by atoms with Crippen LogP contribution in [0.1, 0.15) is 25.3 Å². The topological polar surface area (TPSA) is 53.4 Å². The highest BCUT2D eigenvalue weighted by Crippen LogP contribution is 2.38. The lowest BCUT2D eigenvalue weighted by atomic mass is 9.90. The summed E-state index contributed by atoms with van der Waals surface area (Å²) < 4.78 is 39.0. The largest absolute Gasteiger partial charge is 0.480 e. The molecule has 0 spiro atoms. The van der Waals surface area contributed by atoms with E-state index in [1.165, 1.54) is 17.2 Å². The Morgan fingerprint density at radius 2 is 2.20 bits per heavy atom. The third kappa shape index (κ3) is 2.71. The van der Waals surface area contributed by atoms with Gasteiger partial charge in [-0.1, -0.05) is 6.92 Å². The van der Waals surface area contributed by atoms with Crippen LogP contribution in [0.5, 0.6) is 0 Å². The molecule has 1 aliphatic heterocycles. The smallest absolute Gasteiger partial charge is 0.419 e. The lowest BCUT2D eigenvalue weighted by Crippen LogP contribution is -2.50. The number of rotatable bonds is 2. The summed E-state index contributed by atoms with van der Waals surface area (Å²) in [6.07, 6.45) is -1.96. The van der Waals surface area contributed by atoms with E-state index in [4.69, 9.17) is 0 Å². The number of halogens is 3. The van der Waals surface area contributed by atoms with Crippen molar-refractivity contribution in [3.05, 3.63) is 23.9 Å². The first kappa shape index (κ1) is 14.6. The average Bonchev–Trinajstić information content (AvgIpc) is 2.37. The standard InChI is InChI=1S/C13H15F3N2O2/c1-8-4-3-7-18(10(8)12(19)20)11-9(13(14,15)16)5-2-6-17-11/h2,5-6,8,10H,3-4,7H2,1H3,(H,19,20). The van der Waals surface area contributed by atoms with E-state index in [2.05, 4.69) is 4.98 Å². The molecule has 1 fully saturated rings. The summed E-state index contributed by atoms with van der Waals surface area (Å²) in [6.45, 7) is 2.00. The highest BCUT2D eigenvalue weighted by molar-refractivity contribution is 5.79. The van der Waals surface area contributed by atoms with Crippen LogP contribution in [-0.4, -0.2) is 28.6 Å². The molecule has 1 aromatic rings. The monoisotopic (exact) mass is 288 g/mol. The molecule has 1 aliphatic rings. The van der Waals surface area contributed by atoms with Gasteiger partial charge in [0.15, 0.2) is 0 Å². The molecule has 2 rings (SSSR count). The van der Waals surface area contributed by atoms with E-state index >= 15 is 0 Å². The van der Waals surface area contributed by atoms with Crippen molar-refractivity contribution in [2.45, 2.75) is 32.0 Å². The molecule has 1 N–H and O–H groups in total. The minimum Gasteiger partial charge on any atom is -0.480 e. The number of nitrogens with zero attached hydrogens (tertiary/aromatic N) is 2. The van der Waals surface area contributed by atoms with Gasteiger partial charge in [-0.15, -0.1) is 0 Å². The van der Waals surface area contributed by atoms with Crippen LogP contribution in [0.2, 0.25) is 0 Å². The fourth-order valence-corrected chi connectivity index (χ4v) is 2.65. The normalized spacial score (nSPS) is 23.7. The molecule has 0 aromatic carbocycles. The minimum atomic E-state index is -4.55. The fraction of sp³-hybridized carbons (Fsp3) is 0.538. The number of alkyl halides is 3. The molecule has 2 heterocycles. The lowest BCUT2D eigenvalue weighted by Gasteiger charge is -2.39. The number of carbonyl (C=O) groups is 1. The van der Waals surface area contributed by atoms with Crippen molar-refractivity contribution in [3.8, 4) is 0 Å². The first-order valence-corrected chi connectivity index (χ1v) is 6.34. The average molecular weight is 288 g/mol. The molecule has 2 atom stereocenters. The van der Waals surface area contributed by atoms with Crippen molar-refractivity contribution < 1.29 is 23.1 Å². The maximum Gasteiger partial charge on any atom is 0.419 e. The second-order valence-corrected chi connectivity index (χ2v) is 4.97. The Bertz CT molecular complexity index is 505. The van der Waals surface area contributed by atoms with Crippen molar-refractivity contribution in [1.29, 1.82) is 0 Å². The summed E-state index contributed by atoms with van der Waals surface area (Å²) in [4.78, 5) is 16.4. The maximum atomic E-state index is 13.0. The zero-order valence-corrected chi connectivity index (χ0v) is 10.9. The molecule has 0 radical (unpaired) electrons. The van der Waals surface area contributed by atoms with Gasteiger partial charge in [0.2, 0.25) is 0 Å². The molecule has 4 nitrogen and oxygen atoms in total. The fourth-order valence-electron chi connectivity index (χ4n) is 2.65. The van der Waals surface area contributed by atoms with E-state index in [-0.39, 0.29) is 18.3 Å². The molecule has 0 bridgehead atoms. The number of aliphatic carboxylic acids is 1. The number of carboxylic acids is 1. The molecule has 0 amide bonds. The van der Waals surface area contributed by atoms with Crippen LogP contribution in [0.15, 0.2) is 18.3 Å². The minimum absolute atomic E-state index is 0.218. The Hall–Kier alpha value is -1.79. The molecule has 0 aliphatic carbocycles. The van der Waals surface area contributed by atoms with Crippen LogP contribution in [0.4, 0.5) is 19.0 Å². The molecule has 7 heteroatoms. The van der Waals surface area contributed by atoms with Crippen LogP contribution >= 0.6 is 0 Å². The summed E-state index contributed by atoms with van der Waals surface area (Å²) >= 11 is 0. The number of hydrogen-bond donors (Lipinski definition) is 1. The third-order valence-electron chi connectivity index (χ3n) is 3.55. The van der Waals surface area contributed by atoms with Crippen LogP contribution < -0.4 is 4.90 Å². The highest BCUT2D eigenvalue weighted by Gasteiger charge is 2.41. The van der Waals surface area contributed by atoms with Gasteiger partial charge in [0.1, 0.15) is 11.9 Å². The van der Waals surface area contributed by atoms with Gasteiger partial charge in [0, 0.05) is 12.7 Å². The van der Waals surface area contributed by atoms with Crippen LogP contribution in [0.25, 0.3) is 0 Å². The van der Waals surface area contributed by atoms with Crippen molar-refractivity contribution in [2.24, 2.45) is 5.92 Å². The number of anilines is 1. The van der Waals surface area contributed by atoms with Gasteiger partial charge < -0.3 is 10.0 Å². The first-order valence-electron chi connectivity index (χ1n) is 6.34. The summed E-state index contributed by atoms with van der Waals surface area (Å²) in [7, 11) is 0. The van der Waals surface area contributed by atoms with E-state index in [1.54, 1.807) is 6.92 Å². The Labute approximate surface area is 114 Å². The molecule has 20 heavy (non-hydrogen) atoms. The maximum absolute atomic E-state index is 13.0. The Morgan fingerprint density at radius 1 is 1.50 bits per heavy atom. The van der Waals surface area contributed by atoms with Gasteiger partial charge in [-0.2, -0.15) is 13.2 Å². The van der Waals surface area contributed by atoms with Crippen molar-refractivity contribution in [3.63, 3.8) is 0 Å². The van der Waals surface area contributed by atoms with Gasteiger partial charge in [0.05, 0.1) is 5.56 Å². The second-order valence-electron chi connectivity index (χ2n) is 4.97. The van der Waals surface area contributed by atoms with Gasteiger partial charge in [-0.3, -0.25) is 0 Å². The van der Waals surface area contributed by atoms with Gasteiger partial charge in [0.25, 0.3) is 0 Å². The molecule has 110 valence electrons. The number of hydrogen-bond acceptors (Lipinski definition) is 3. The number of aromatic nitrogens is 1. The van der Waals surface area contributed by atoms with E-state index in [0.29, 0.717) is 12.8 Å². The van der Waals surface area contributed by atoms with Crippen molar-refractivity contribution >= 4 is 11.8 Å². The lowest BCUT2D eigenvalue weighted by molar-refractivity contribution is -0.141. The summed E-state index contributed by atoms with van der Waals surface area (Å²) in [5.41, 5.74) is -0.889. The predicted molar refractivity (Wildman–Crippen MR) is 66.4 cm³/mol. The van der Waals surface area contributed by atoms with E-state index < -0.39 is 23.8 Å². The quantitative estimate of drug-likeness (QED) is 0.909. The van der Waals surface area contributed by atoms with Gasteiger partial charge >= 0.3 is 12.1 Å². The first-order chi connectivity index (χ1) is 9.32. The summed E-state index contributed by atoms with van der Waals surface area (Å²) in [6, 6.07) is 1.16. The zero-order valence-electron chi connectivity index (χ0n) is 10.9. The molecular weight excluding hydrogens is 273 g/mol. The Morgan fingerprint density at radius 3 is 2.80 bits per heavy atom. The predicted octanol–water partition coefficient (Wildman–Crippen LogP) is 2.79. The molecule has 1 aromatic heterocycles. The van der Waals surface area contributed by atoms with Gasteiger partial charge in [-0.05, 0) is 30.9 Å². The molecule has 2 unspecified atom stereocenters. The highest BCUT2D eigenvalue weighted by atomic mass is 19.4. The zero-order chi connectivity index (χ0) is 14.9. The Balaban J connectivity index is 2.46. The van der Waals surface area contributed by atoms with Crippen LogP contribution in [0, 0.1) is 5.92 Å². The number of pyridine rings is 1. The van der Waals surface area contributed by atoms with Crippen LogP contribution in [-0.2, 0) is 11.0 Å². The molecular formula is C13H15F3N2O2. The Kier molecular flexibility index (Phi) is 3.87. The molecule has 0 saturated carbocycles. The SMILES string of the molecule is CC1CCCN(c2ncccc2C(F)(F)F)C1C(=O)O. The summed E-state index contributed by atoms with van der Waals surface area (Å²) in [5.74, 6) is -1.63. The van der Waals surface area contributed by atoms with Crippen molar-refractivity contribution in [2.75, 3.05) is 11.4 Å². The second kappa shape index (κ2) is 5.30. The van der Waals surface area contributed by atoms with E-state index in [0.717, 1.165) is 6.07 Å². The number of carboxylic acid groups (broad SMARTS) is 1. The van der Waals surface area contributed by atoms with Crippen LogP contribution in [0.3, 0.4) is 0 Å². The van der Waals surface area contributed by atoms with E-state index in [9.17, 15) is 23.1 Å². The number of piperidine rings is 1. The third-order valence-corrected chi connectivity index (χ3v) is 3.55. The molecule has 1 saturated heterocycles. The van der Waals surface area contributed by atoms with Crippen molar-refractivity contribution in [1.82, 2.24) is 4.98 Å². The van der Waals surface area contributed by atoms with E-state index in [1.807, 2.05) is 0 Å².